The number of nitrogens with one attached hydrogen (secondary N) is 1. The van der Waals surface area contributed by atoms with Crippen molar-refractivity contribution in [3.63, 3.8) is 0 Å². The van der Waals surface area contributed by atoms with Crippen LogP contribution in [0.3, 0.4) is 0 Å². The number of carbonyl (C=O) groups is 2. The third kappa shape index (κ3) is 5.32. The molecular formula is C23H33N3O4. The number of ether oxygens (including phenoxy) is 2. The third-order valence-corrected chi connectivity index (χ3v) is 6.31. The summed E-state index contributed by atoms with van der Waals surface area (Å²) in [6, 6.07) is 5.60. The second kappa shape index (κ2) is 9.35. The Balaban J connectivity index is 1.21. The molecule has 3 heterocycles. The zero-order valence-electron chi connectivity index (χ0n) is 18.1. The van der Waals surface area contributed by atoms with Gasteiger partial charge in [-0.3, -0.25) is 14.5 Å². The van der Waals surface area contributed by atoms with Crippen molar-refractivity contribution in [3.8, 4) is 5.75 Å². The number of rotatable bonds is 5. The average molecular weight is 416 g/mol. The Hall–Kier alpha value is -2.12. The van der Waals surface area contributed by atoms with Crippen LogP contribution in [0.4, 0.5) is 5.69 Å². The minimum atomic E-state index is 0.0485. The molecule has 0 aliphatic carbocycles. The summed E-state index contributed by atoms with van der Waals surface area (Å²) >= 11 is 0. The van der Waals surface area contributed by atoms with Gasteiger partial charge in [0, 0.05) is 44.8 Å². The quantitative estimate of drug-likeness (QED) is 0.799. The summed E-state index contributed by atoms with van der Waals surface area (Å²) in [5, 5.41) is 2.86. The molecule has 7 nitrogen and oxygen atoms in total. The van der Waals surface area contributed by atoms with Crippen LogP contribution >= 0.6 is 0 Å². The molecule has 2 unspecified atom stereocenters. The van der Waals surface area contributed by atoms with Gasteiger partial charge in [-0.15, -0.1) is 0 Å². The van der Waals surface area contributed by atoms with E-state index in [1.807, 2.05) is 23.1 Å². The molecule has 4 rings (SSSR count). The second-order valence-corrected chi connectivity index (χ2v) is 8.96. The highest BCUT2D eigenvalue weighted by Crippen LogP contribution is 2.27. The van der Waals surface area contributed by atoms with Crippen molar-refractivity contribution >= 4 is 17.5 Å². The van der Waals surface area contributed by atoms with Crippen LogP contribution in [0.2, 0.25) is 0 Å². The van der Waals surface area contributed by atoms with Crippen molar-refractivity contribution in [1.82, 2.24) is 9.80 Å². The maximum absolute atomic E-state index is 12.6. The Morgan fingerprint density at radius 1 is 1.17 bits per heavy atom. The number of anilines is 1. The molecule has 3 aliphatic heterocycles. The van der Waals surface area contributed by atoms with Crippen LogP contribution in [-0.2, 0) is 20.7 Å². The topological polar surface area (TPSA) is 71.1 Å². The zero-order valence-corrected chi connectivity index (χ0v) is 18.1. The second-order valence-electron chi connectivity index (χ2n) is 8.96. The first-order valence-corrected chi connectivity index (χ1v) is 11.2. The molecule has 3 aliphatic rings. The lowest BCUT2D eigenvalue weighted by molar-refractivity contribution is -0.135. The van der Waals surface area contributed by atoms with Gasteiger partial charge in [0.25, 0.3) is 5.91 Å². The van der Waals surface area contributed by atoms with Gasteiger partial charge in [0.1, 0.15) is 5.75 Å². The summed E-state index contributed by atoms with van der Waals surface area (Å²) in [6.07, 6.45) is 3.89. The lowest BCUT2D eigenvalue weighted by Gasteiger charge is -2.39. The highest BCUT2D eigenvalue weighted by atomic mass is 16.5. The van der Waals surface area contributed by atoms with Crippen molar-refractivity contribution in [3.05, 3.63) is 23.8 Å². The van der Waals surface area contributed by atoms with Gasteiger partial charge < -0.3 is 19.7 Å². The van der Waals surface area contributed by atoms with Crippen LogP contribution in [0.15, 0.2) is 18.2 Å². The Morgan fingerprint density at radius 3 is 2.63 bits per heavy atom. The van der Waals surface area contributed by atoms with Gasteiger partial charge in [-0.25, -0.2) is 0 Å². The van der Waals surface area contributed by atoms with E-state index in [9.17, 15) is 9.59 Å². The maximum atomic E-state index is 12.6. The van der Waals surface area contributed by atoms with Gasteiger partial charge >= 0.3 is 0 Å². The molecule has 0 aromatic heterocycles. The number of aryl methyl sites for hydroxylation is 1. The van der Waals surface area contributed by atoms with E-state index in [1.165, 1.54) is 0 Å². The number of fused-ring (bicyclic) bond motifs is 1. The first-order valence-electron chi connectivity index (χ1n) is 11.2. The molecule has 2 atom stereocenters. The Labute approximate surface area is 178 Å². The van der Waals surface area contributed by atoms with E-state index >= 15 is 0 Å². The van der Waals surface area contributed by atoms with Gasteiger partial charge in [0.2, 0.25) is 5.91 Å². The number of piperidine rings is 1. The third-order valence-electron chi connectivity index (χ3n) is 6.31. The molecule has 1 aromatic carbocycles. The Morgan fingerprint density at radius 2 is 1.90 bits per heavy atom. The van der Waals surface area contributed by atoms with Gasteiger partial charge in [-0.1, -0.05) is 0 Å². The fourth-order valence-corrected chi connectivity index (χ4v) is 4.85. The zero-order chi connectivity index (χ0) is 21.1. The lowest BCUT2D eigenvalue weighted by Crippen LogP contribution is -2.49. The summed E-state index contributed by atoms with van der Waals surface area (Å²) < 4.78 is 11.6. The predicted octanol–water partition coefficient (Wildman–Crippen LogP) is 2.30. The minimum absolute atomic E-state index is 0.0485. The van der Waals surface area contributed by atoms with Crippen molar-refractivity contribution in [2.45, 2.75) is 51.7 Å². The van der Waals surface area contributed by atoms with Gasteiger partial charge in [0.05, 0.1) is 12.2 Å². The molecule has 1 aromatic rings. The van der Waals surface area contributed by atoms with Gasteiger partial charge in [-0.2, -0.15) is 0 Å². The molecular weight excluding hydrogens is 382 g/mol. The number of hydrogen-bond acceptors (Lipinski definition) is 5. The normalized spacial score (nSPS) is 25.5. The lowest BCUT2D eigenvalue weighted by atomic mass is 9.95. The molecule has 1 N–H and O–H groups in total. The molecule has 164 valence electrons. The number of hydrogen-bond donors (Lipinski definition) is 1. The van der Waals surface area contributed by atoms with Crippen molar-refractivity contribution in [2.24, 2.45) is 5.92 Å². The Bertz CT molecular complexity index is 766. The molecule has 0 saturated carbocycles. The number of likely N-dealkylation sites (tertiary alicyclic amines) is 1. The van der Waals surface area contributed by atoms with Crippen molar-refractivity contribution < 1.29 is 19.1 Å². The first kappa shape index (κ1) is 21.1. The molecule has 0 radical (unpaired) electrons. The summed E-state index contributed by atoms with van der Waals surface area (Å²) in [4.78, 5) is 28.5. The van der Waals surface area contributed by atoms with E-state index < -0.39 is 0 Å². The largest absolute Gasteiger partial charge is 0.484 e. The highest BCUT2D eigenvalue weighted by molar-refractivity contribution is 5.94. The maximum Gasteiger partial charge on any atom is 0.260 e. The smallest absolute Gasteiger partial charge is 0.260 e. The van der Waals surface area contributed by atoms with Gasteiger partial charge in [0.15, 0.2) is 6.61 Å². The van der Waals surface area contributed by atoms with E-state index in [0.29, 0.717) is 36.7 Å². The SMILES string of the molecule is CC1CN(CC2CCN(C(=O)COc3ccc4c(c3)CCC(=O)N4)CC2)CC(C)O1. The number of benzene rings is 1. The molecule has 7 heteroatoms. The average Bonchev–Trinajstić information content (AvgIpc) is 2.72. The van der Waals surface area contributed by atoms with Crippen LogP contribution in [0.25, 0.3) is 0 Å². The van der Waals surface area contributed by atoms with Crippen LogP contribution in [0.1, 0.15) is 38.7 Å². The van der Waals surface area contributed by atoms with E-state index in [-0.39, 0.29) is 18.4 Å². The summed E-state index contributed by atoms with van der Waals surface area (Å²) in [5.41, 5.74) is 1.91. The number of carbonyl (C=O) groups excluding carboxylic acids is 2. The van der Waals surface area contributed by atoms with E-state index in [4.69, 9.17) is 9.47 Å². The first-order chi connectivity index (χ1) is 14.5. The van der Waals surface area contributed by atoms with E-state index in [1.54, 1.807) is 0 Å². The van der Waals surface area contributed by atoms with E-state index in [2.05, 4.69) is 24.1 Å². The fourth-order valence-electron chi connectivity index (χ4n) is 4.85. The standard InChI is InChI=1S/C23H33N3O4/c1-16-12-25(13-17(2)30-16)14-18-7-9-26(10-8-18)23(28)15-29-20-4-5-21-19(11-20)3-6-22(27)24-21/h4-5,11,16-18H,3,6-10,12-15H2,1-2H3,(H,24,27). The molecule has 2 fully saturated rings. The minimum Gasteiger partial charge on any atom is -0.484 e. The number of morpholine rings is 1. The summed E-state index contributed by atoms with van der Waals surface area (Å²) in [5.74, 6) is 1.42. The van der Waals surface area contributed by atoms with Crippen LogP contribution in [0.5, 0.6) is 5.75 Å². The van der Waals surface area contributed by atoms with Crippen molar-refractivity contribution in [1.29, 1.82) is 0 Å². The molecule has 30 heavy (non-hydrogen) atoms. The monoisotopic (exact) mass is 415 g/mol. The van der Waals surface area contributed by atoms with Crippen LogP contribution < -0.4 is 10.1 Å². The number of amides is 2. The highest BCUT2D eigenvalue weighted by Gasteiger charge is 2.28. The summed E-state index contributed by atoms with van der Waals surface area (Å²) in [6.45, 7) is 9.06. The predicted molar refractivity (Wildman–Crippen MR) is 115 cm³/mol. The van der Waals surface area contributed by atoms with Crippen LogP contribution in [0, 0.1) is 5.92 Å². The molecule has 0 bridgehead atoms. The van der Waals surface area contributed by atoms with E-state index in [0.717, 1.165) is 56.8 Å². The van der Waals surface area contributed by atoms with Gasteiger partial charge in [-0.05, 0) is 62.8 Å². The fraction of sp³-hybridized carbons (Fsp3) is 0.652. The summed E-state index contributed by atoms with van der Waals surface area (Å²) in [7, 11) is 0. The molecule has 2 amide bonds. The number of nitrogens with zero attached hydrogens (tertiary/aromatic N) is 2. The molecule has 2 saturated heterocycles. The van der Waals surface area contributed by atoms with Crippen molar-refractivity contribution in [2.75, 3.05) is 44.6 Å². The molecule has 0 spiro atoms. The Kier molecular flexibility index (Phi) is 6.58. The van der Waals surface area contributed by atoms with Crippen LogP contribution in [-0.4, -0.2) is 73.2 Å².